The zero-order valence-corrected chi connectivity index (χ0v) is 16.3. The summed E-state index contributed by atoms with van der Waals surface area (Å²) in [5.74, 6) is 0. The lowest BCUT2D eigenvalue weighted by atomic mass is 10.8. The van der Waals surface area contributed by atoms with Crippen LogP contribution < -0.4 is 0 Å². The van der Waals surface area contributed by atoms with Crippen LogP contribution >= 0.6 is 0 Å². The van der Waals surface area contributed by atoms with E-state index in [9.17, 15) is 0 Å². The summed E-state index contributed by atoms with van der Waals surface area (Å²) < 4.78 is 0. The first kappa shape index (κ1) is 54.3. The molecule has 0 bridgehead atoms. The molecule has 0 spiro atoms. The van der Waals surface area contributed by atoms with Crippen molar-refractivity contribution < 1.29 is 0 Å². The summed E-state index contributed by atoms with van der Waals surface area (Å²) in [4.78, 5) is 0. The first-order chi connectivity index (χ1) is 8.41. The van der Waals surface area contributed by atoms with Crippen LogP contribution in [0.1, 0.15) is 104 Å². The van der Waals surface area contributed by atoms with Gasteiger partial charge < -0.3 is 0 Å². The van der Waals surface area contributed by atoms with Crippen molar-refractivity contribution in [3.8, 4) is 0 Å². The first-order valence-corrected chi connectivity index (χ1v) is 7.99. The Morgan fingerprint density at radius 3 is 0.412 bits per heavy atom. The Kier molecular flexibility index (Phi) is 19900. The molecule has 0 aromatic carbocycles. The van der Waals surface area contributed by atoms with Crippen molar-refractivity contribution in [1.29, 1.82) is 0 Å². The maximum absolute atomic E-state index is 3.36. The number of hydrogen-bond acceptors (Lipinski definition) is 0. The van der Waals surface area contributed by atoms with Crippen molar-refractivity contribution in [3.63, 3.8) is 0 Å². The summed E-state index contributed by atoms with van der Waals surface area (Å²) in [5, 5.41) is 0. The molecule has 0 aliphatic rings. The Labute approximate surface area is 117 Å². The molecule has 0 aliphatic carbocycles. The van der Waals surface area contributed by atoms with Gasteiger partial charge in [-0.1, -0.05) is 103 Å². The van der Waals surface area contributed by atoms with Crippen molar-refractivity contribution >= 4 is 0 Å². The van der Waals surface area contributed by atoms with Gasteiger partial charge in [0.1, 0.15) is 0 Å². The highest BCUT2D eigenvalue weighted by Gasteiger charge is 1.15. The number of rotatable bonds is 0. The van der Waals surface area contributed by atoms with Crippen LogP contribution in [0.2, 0.25) is 0 Å². The molecule has 0 saturated heterocycles. The van der Waals surface area contributed by atoms with Gasteiger partial charge in [0.05, 0.1) is 0 Å². The monoisotopic (exact) mass is 252 g/mol. The second-order valence-corrected chi connectivity index (χ2v) is 0.408. The van der Waals surface area contributed by atoms with E-state index in [1.54, 1.807) is 6.08 Å². The molecule has 0 aromatic rings. The molecule has 0 nitrogen and oxygen atoms in total. The van der Waals surface area contributed by atoms with E-state index in [0.717, 1.165) is 0 Å². The number of allylic oxidation sites excluding steroid dienone is 1. The Morgan fingerprint density at radius 1 is 0.412 bits per heavy atom. The third kappa shape index (κ3) is 44000. The Bertz CT molecular complexity index is 7.51. The Hall–Kier alpha value is -0.260. The van der Waals surface area contributed by atoms with Gasteiger partial charge in [-0.2, -0.15) is 0 Å². The summed E-state index contributed by atoms with van der Waals surface area (Å²) in [6.07, 6.45) is 1.75. The van der Waals surface area contributed by atoms with Crippen LogP contribution in [-0.2, 0) is 0 Å². The van der Waals surface area contributed by atoms with E-state index in [1.807, 2.05) is 104 Å². The molecule has 0 rings (SSSR count). The van der Waals surface area contributed by atoms with Crippen LogP contribution in [0.4, 0.5) is 0 Å². The second-order valence-electron chi connectivity index (χ2n) is 0.408. The molecule has 0 fully saturated rings. The lowest BCUT2D eigenvalue weighted by Crippen LogP contribution is -1.07. The average Bonchev–Trinajstić information content (AvgIpc) is 2.53. The normalized spacial score (nSPS) is 3.24. The van der Waals surface area contributed by atoms with Gasteiger partial charge in [0.25, 0.3) is 0 Å². The third-order valence-corrected chi connectivity index (χ3v) is 0. The fourth-order valence-corrected chi connectivity index (χ4v) is 0. The van der Waals surface area contributed by atoms with E-state index >= 15 is 0 Å². The van der Waals surface area contributed by atoms with Crippen LogP contribution in [0, 0.1) is 0 Å². The van der Waals surface area contributed by atoms with Gasteiger partial charge in [-0.25, -0.2) is 0 Å². The van der Waals surface area contributed by atoms with Crippen molar-refractivity contribution in [1.82, 2.24) is 0 Å². The molecular formula is C17H48. The van der Waals surface area contributed by atoms with Gasteiger partial charge in [0.15, 0.2) is 0 Å². The summed E-state index contributed by atoms with van der Waals surface area (Å²) in [5.41, 5.74) is 0. The molecule has 0 heteroatoms. The fraction of sp³-hybridized carbons (Fsp3) is 0.882. The molecule has 0 aromatic heterocycles. The number of hydrogen-bond donors (Lipinski definition) is 0. The van der Waals surface area contributed by atoms with Crippen LogP contribution in [0.5, 0.6) is 0 Å². The predicted octanol–water partition coefficient (Wildman–Crippen LogP) is 8.38. The molecule has 0 heterocycles. The minimum Gasteiger partial charge on any atom is -0.103 e. The highest BCUT2D eigenvalue weighted by Crippen LogP contribution is 1.38. The maximum Gasteiger partial charge on any atom is -0.0473 e. The Balaban J connectivity index is -0.00000000914. The minimum atomic E-state index is 1.75. The molecule has 0 N–H and O–H groups in total. The van der Waals surface area contributed by atoms with Gasteiger partial charge in [0.2, 0.25) is 0 Å². The zero-order valence-electron chi connectivity index (χ0n) is 16.3. The maximum atomic E-state index is 3.36. The van der Waals surface area contributed by atoms with E-state index in [0.29, 0.717) is 0 Å². The van der Waals surface area contributed by atoms with Gasteiger partial charge >= 0.3 is 0 Å². The van der Waals surface area contributed by atoms with E-state index in [4.69, 9.17) is 0 Å². The van der Waals surface area contributed by atoms with Crippen LogP contribution in [0.25, 0.3) is 0 Å². The molecule has 0 atom stereocenters. The van der Waals surface area contributed by atoms with Crippen molar-refractivity contribution in [2.75, 3.05) is 0 Å². The van der Waals surface area contributed by atoms with E-state index < -0.39 is 0 Å². The van der Waals surface area contributed by atoms with Gasteiger partial charge in [0, 0.05) is 0 Å². The smallest absolute Gasteiger partial charge is 0.0473 e. The highest BCUT2D eigenvalue weighted by molar-refractivity contribution is 4.51. The Morgan fingerprint density at radius 2 is 0.412 bits per heavy atom. The third-order valence-electron chi connectivity index (χ3n) is 0. The standard InChI is InChI=1S/C3H6.7C2H6/c1-3-2;7*1-2/h3H,1H2,2H3;7*1-2H3. The zero-order chi connectivity index (χ0) is 16.7. The lowest BCUT2D eigenvalue weighted by Gasteiger charge is -1.31. The molecule has 0 aliphatic heterocycles. The summed E-state index contributed by atoms with van der Waals surface area (Å²) in [7, 11) is 0. The van der Waals surface area contributed by atoms with Crippen LogP contribution in [0.3, 0.4) is 0 Å². The summed E-state index contributed by atoms with van der Waals surface area (Å²) in [6, 6.07) is 0. The fourth-order valence-electron chi connectivity index (χ4n) is 0. The van der Waals surface area contributed by atoms with Crippen LogP contribution in [-0.4, -0.2) is 0 Å². The molecule has 116 valence electrons. The van der Waals surface area contributed by atoms with E-state index in [2.05, 4.69) is 6.58 Å². The van der Waals surface area contributed by atoms with Crippen molar-refractivity contribution in [2.24, 2.45) is 0 Å². The first-order valence-electron chi connectivity index (χ1n) is 7.99. The van der Waals surface area contributed by atoms with E-state index in [1.165, 1.54) is 0 Å². The predicted molar refractivity (Wildman–Crippen MR) is 95.3 cm³/mol. The minimum absolute atomic E-state index is 1.75. The van der Waals surface area contributed by atoms with Gasteiger partial charge in [-0.05, 0) is 6.92 Å². The van der Waals surface area contributed by atoms with Gasteiger partial charge in [-0.3, -0.25) is 0 Å². The quantitative estimate of drug-likeness (QED) is 0.380. The van der Waals surface area contributed by atoms with Crippen molar-refractivity contribution in [3.05, 3.63) is 12.7 Å². The van der Waals surface area contributed by atoms with E-state index in [-0.39, 0.29) is 0 Å². The summed E-state index contributed by atoms with van der Waals surface area (Å²) >= 11 is 0. The molecule has 0 amide bonds. The summed E-state index contributed by atoms with van der Waals surface area (Å²) in [6.45, 7) is 33.2. The highest BCUT2D eigenvalue weighted by atomic mass is 13.2. The largest absolute Gasteiger partial charge is 0.103 e. The second kappa shape index (κ2) is 6250. The topological polar surface area (TPSA) is 0 Å². The molecule has 0 unspecified atom stereocenters. The van der Waals surface area contributed by atoms with Crippen molar-refractivity contribution in [2.45, 2.75) is 104 Å². The SMILES string of the molecule is C=CC.CC.CC.CC.CC.CC.CC.CC. The molecule has 17 heavy (non-hydrogen) atoms. The average molecular weight is 253 g/mol. The lowest BCUT2D eigenvalue weighted by molar-refractivity contribution is 1.50. The molecule has 0 saturated carbocycles. The van der Waals surface area contributed by atoms with Crippen LogP contribution in [0.15, 0.2) is 12.7 Å². The molecular weight excluding hydrogens is 204 g/mol. The van der Waals surface area contributed by atoms with Gasteiger partial charge in [-0.15, -0.1) is 6.58 Å². The molecule has 0 radical (unpaired) electrons.